The number of anilines is 2. The number of benzene rings is 2. The topological polar surface area (TPSA) is 99.8 Å². The first-order valence-corrected chi connectivity index (χ1v) is 10.9. The van der Waals surface area contributed by atoms with Crippen LogP contribution in [0.3, 0.4) is 0 Å². The molecular weight excluding hydrogens is 408 g/mol. The summed E-state index contributed by atoms with van der Waals surface area (Å²) in [5.74, 6) is -0.389. The number of carbonyl (C=O) groups excluding carboxylic acids is 3. The smallest absolute Gasteiger partial charge is 0.253 e. The van der Waals surface area contributed by atoms with Gasteiger partial charge in [-0.05, 0) is 61.7 Å². The molecule has 2 aromatic rings. The Kier molecular flexibility index (Phi) is 8.62. The molecule has 0 atom stereocenters. The molecule has 1 heterocycles. The molecule has 2 aromatic carbocycles. The molecule has 0 saturated carbocycles. The fraction of sp³-hybridized carbons (Fsp3) is 0.375. The first kappa shape index (κ1) is 23.3. The molecular formula is C24H30N4O4. The van der Waals surface area contributed by atoms with Crippen molar-refractivity contribution in [3.63, 3.8) is 0 Å². The van der Waals surface area contributed by atoms with Crippen LogP contribution in [-0.4, -0.2) is 62.5 Å². The summed E-state index contributed by atoms with van der Waals surface area (Å²) in [5.41, 5.74) is 2.44. The molecule has 0 aliphatic carbocycles. The average Bonchev–Trinajstić information content (AvgIpc) is 2.83. The zero-order valence-electron chi connectivity index (χ0n) is 18.4. The van der Waals surface area contributed by atoms with E-state index in [1.165, 1.54) is 6.42 Å². The molecule has 32 heavy (non-hydrogen) atoms. The minimum Gasteiger partial charge on any atom is -0.383 e. The van der Waals surface area contributed by atoms with Crippen LogP contribution in [0, 0.1) is 0 Å². The molecule has 0 radical (unpaired) electrons. The summed E-state index contributed by atoms with van der Waals surface area (Å²) in [4.78, 5) is 38.9. The van der Waals surface area contributed by atoms with Gasteiger partial charge in [-0.1, -0.05) is 6.07 Å². The van der Waals surface area contributed by atoms with E-state index in [0.29, 0.717) is 35.7 Å². The fourth-order valence-corrected chi connectivity index (χ4v) is 3.50. The summed E-state index contributed by atoms with van der Waals surface area (Å²) in [7, 11) is 1.57. The van der Waals surface area contributed by atoms with Gasteiger partial charge in [-0.25, -0.2) is 0 Å². The van der Waals surface area contributed by atoms with Gasteiger partial charge in [-0.2, -0.15) is 0 Å². The molecule has 0 unspecified atom stereocenters. The number of ether oxygens (including phenoxy) is 1. The van der Waals surface area contributed by atoms with E-state index in [0.717, 1.165) is 25.9 Å². The maximum atomic E-state index is 12.7. The number of rotatable bonds is 9. The van der Waals surface area contributed by atoms with Gasteiger partial charge in [0.2, 0.25) is 5.91 Å². The number of hydrogen-bond donors (Lipinski definition) is 3. The van der Waals surface area contributed by atoms with Gasteiger partial charge in [0.15, 0.2) is 0 Å². The van der Waals surface area contributed by atoms with Crippen molar-refractivity contribution in [3.05, 3.63) is 59.7 Å². The molecule has 170 valence electrons. The first-order valence-electron chi connectivity index (χ1n) is 10.9. The van der Waals surface area contributed by atoms with Gasteiger partial charge in [0.1, 0.15) is 0 Å². The summed E-state index contributed by atoms with van der Waals surface area (Å²) in [5, 5.41) is 8.60. The van der Waals surface area contributed by atoms with Crippen LogP contribution in [-0.2, 0) is 9.53 Å². The van der Waals surface area contributed by atoms with Crippen molar-refractivity contribution in [1.29, 1.82) is 0 Å². The van der Waals surface area contributed by atoms with Crippen LogP contribution >= 0.6 is 0 Å². The van der Waals surface area contributed by atoms with Crippen LogP contribution in [0.15, 0.2) is 48.5 Å². The second kappa shape index (κ2) is 11.9. The van der Waals surface area contributed by atoms with E-state index in [9.17, 15) is 14.4 Å². The SMILES string of the molecule is COCCNC(=O)c1ccc(NC(=O)CNc2cccc(C(=O)N3CCCCC3)c2)cc1. The molecule has 1 saturated heterocycles. The minimum atomic E-state index is -0.227. The standard InChI is InChI=1S/C24H30N4O4/c1-32-15-12-25-23(30)18-8-10-20(11-9-18)27-22(29)17-26-21-7-5-6-19(16-21)24(31)28-13-3-2-4-14-28/h5-11,16,26H,2-4,12-15,17H2,1H3,(H,25,30)(H,27,29). The van der Waals surface area contributed by atoms with Crippen molar-refractivity contribution < 1.29 is 19.1 Å². The van der Waals surface area contributed by atoms with Crippen molar-refractivity contribution in [2.75, 3.05) is 50.5 Å². The maximum absolute atomic E-state index is 12.7. The Labute approximate surface area is 188 Å². The van der Waals surface area contributed by atoms with Crippen LogP contribution in [0.1, 0.15) is 40.0 Å². The predicted octanol–water partition coefficient (Wildman–Crippen LogP) is 2.74. The highest BCUT2D eigenvalue weighted by molar-refractivity contribution is 5.97. The number of amides is 3. The fourth-order valence-electron chi connectivity index (χ4n) is 3.50. The number of methoxy groups -OCH3 is 1. The monoisotopic (exact) mass is 438 g/mol. The Morgan fingerprint density at radius 1 is 0.938 bits per heavy atom. The maximum Gasteiger partial charge on any atom is 0.253 e. The second-order valence-corrected chi connectivity index (χ2v) is 7.66. The number of piperidine rings is 1. The van der Waals surface area contributed by atoms with E-state index in [4.69, 9.17) is 4.74 Å². The Balaban J connectivity index is 1.48. The van der Waals surface area contributed by atoms with Crippen LogP contribution in [0.4, 0.5) is 11.4 Å². The third-order valence-electron chi connectivity index (χ3n) is 5.23. The van der Waals surface area contributed by atoms with Crippen molar-refractivity contribution in [2.24, 2.45) is 0 Å². The van der Waals surface area contributed by atoms with Crippen molar-refractivity contribution in [3.8, 4) is 0 Å². The molecule has 0 spiro atoms. The molecule has 1 aliphatic rings. The molecule has 3 amide bonds. The lowest BCUT2D eigenvalue weighted by atomic mass is 10.1. The first-order chi connectivity index (χ1) is 15.6. The molecule has 8 nitrogen and oxygen atoms in total. The summed E-state index contributed by atoms with van der Waals surface area (Å²) in [6.45, 7) is 2.53. The van der Waals surface area contributed by atoms with Gasteiger partial charge in [0.25, 0.3) is 11.8 Å². The number of likely N-dealkylation sites (tertiary alicyclic amines) is 1. The quantitative estimate of drug-likeness (QED) is 0.523. The van der Waals surface area contributed by atoms with E-state index < -0.39 is 0 Å². The summed E-state index contributed by atoms with van der Waals surface area (Å²) in [6.07, 6.45) is 3.26. The Morgan fingerprint density at radius 2 is 1.69 bits per heavy atom. The molecule has 0 aromatic heterocycles. The second-order valence-electron chi connectivity index (χ2n) is 7.66. The number of nitrogens with one attached hydrogen (secondary N) is 3. The van der Waals surface area contributed by atoms with E-state index in [-0.39, 0.29) is 24.3 Å². The van der Waals surface area contributed by atoms with Gasteiger partial charge in [-0.15, -0.1) is 0 Å². The minimum absolute atomic E-state index is 0.0316. The van der Waals surface area contributed by atoms with Crippen LogP contribution in [0.2, 0.25) is 0 Å². The molecule has 1 aliphatic heterocycles. The number of carbonyl (C=O) groups is 3. The lowest BCUT2D eigenvalue weighted by Crippen LogP contribution is -2.35. The zero-order valence-corrected chi connectivity index (χ0v) is 18.4. The van der Waals surface area contributed by atoms with Crippen molar-refractivity contribution in [2.45, 2.75) is 19.3 Å². The molecule has 1 fully saturated rings. The van der Waals surface area contributed by atoms with E-state index >= 15 is 0 Å². The van der Waals surface area contributed by atoms with Gasteiger partial charge in [0, 0.05) is 49.2 Å². The van der Waals surface area contributed by atoms with E-state index in [1.54, 1.807) is 43.5 Å². The summed E-state index contributed by atoms with van der Waals surface area (Å²) >= 11 is 0. The Bertz CT molecular complexity index is 924. The molecule has 3 rings (SSSR count). The highest BCUT2D eigenvalue weighted by atomic mass is 16.5. The van der Waals surface area contributed by atoms with E-state index in [2.05, 4.69) is 16.0 Å². The van der Waals surface area contributed by atoms with Gasteiger partial charge in [-0.3, -0.25) is 14.4 Å². The summed E-state index contributed by atoms with van der Waals surface area (Å²) in [6, 6.07) is 13.9. The Hall–Kier alpha value is -3.39. The third-order valence-corrected chi connectivity index (χ3v) is 5.23. The number of hydrogen-bond acceptors (Lipinski definition) is 5. The molecule has 0 bridgehead atoms. The highest BCUT2D eigenvalue weighted by Gasteiger charge is 2.18. The summed E-state index contributed by atoms with van der Waals surface area (Å²) < 4.78 is 4.90. The van der Waals surface area contributed by atoms with Gasteiger partial charge in [0.05, 0.1) is 13.2 Å². The van der Waals surface area contributed by atoms with E-state index in [1.807, 2.05) is 17.0 Å². The Morgan fingerprint density at radius 3 is 2.41 bits per heavy atom. The zero-order chi connectivity index (χ0) is 22.8. The average molecular weight is 439 g/mol. The lowest BCUT2D eigenvalue weighted by molar-refractivity contribution is -0.114. The predicted molar refractivity (Wildman–Crippen MR) is 124 cm³/mol. The largest absolute Gasteiger partial charge is 0.383 e. The molecule has 3 N–H and O–H groups in total. The van der Waals surface area contributed by atoms with Gasteiger partial charge >= 0.3 is 0 Å². The number of nitrogens with zero attached hydrogens (tertiary/aromatic N) is 1. The van der Waals surface area contributed by atoms with Crippen LogP contribution in [0.25, 0.3) is 0 Å². The van der Waals surface area contributed by atoms with Crippen LogP contribution < -0.4 is 16.0 Å². The molecule has 8 heteroatoms. The lowest BCUT2D eigenvalue weighted by Gasteiger charge is -2.26. The van der Waals surface area contributed by atoms with Crippen molar-refractivity contribution in [1.82, 2.24) is 10.2 Å². The van der Waals surface area contributed by atoms with Crippen molar-refractivity contribution >= 4 is 29.1 Å². The third kappa shape index (κ3) is 6.81. The normalized spacial score (nSPS) is 13.3. The van der Waals surface area contributed by atoms with Crippen LogP contribution in [0.5, 0.6) is 0 Å². The van der Waals surface area contributed by atoms with Gasteiger partial charge < -0.3 is 25.6 Å². The highest BCUT2D eigenvalue weighted by Crippen LogP contribution is 2.16.